The Morgan fingerprint density at radius 2 is 1.58 bits per heavy atom. The van der Waals surface area contributed by atoms with Gasteiger partial charge in [-0.3, -0.25) is 9.69 Å². The molecule has 0 atom stereocenters. The summed E-state index contributed by atoms with van der Waals surface area (Å²) in [6.45, 7) is 3.65. The lowest BCUT2D eigenvalue weighted by molar-refractivity contribution is 0.0623. The van der Waals surface area contributed by atoms with E-state index in [1.165, 1.54) is 12.1 Å². The monoisotopic (exact) mass is 414 g/mol. The number of nitrogens with zero attached hydrogens (tertiary/aromatic N) is 4. The molecule has 0 radical (unpaired) electrons. The smallest absolute Gasteiger partial charge is 0.274 e. The van der Waals surface area contributed by atoms with E-state index in [0.29, 0.717) is 18.8 Å². The molecule has 31 heavy (non-hydrogen) atoms. The first-order valence-corrected chi connectivity index (χ1v) is 10.5. The van der Waals surface area contributed by atoms with E-state index in [4.69, 9.17) is 0 Å². The van der Waals surface area contributed by atoms with Gasteiger partial charge in [-0.1, -0.05) is 42.5 Å². The summed E-state index contributed by atoms with van der Waals surface area (Å²) in [5, 5.41) is 0. The molecule has 0 spiro atoms. The molecule has 6 heteroatoms. The van der Waals surface area contributed by atoms with Crippen LogP contribution in [-0.4, -0.2) is 51.3 Å². The van der Waals surface area contributed by atoms with Crippen molar-refractivity contribution in [3.05, 3.63) is 96.2 Å². The van der Waals surface area contributed by atoms with Crippen molar-refractivity contribution in [2.24, 2.45) is 0 Å². The second-order valence-corrected chi connectivity index (χ2v) is 7.87. The van der Waals surface area contributed by atoms with Gasteiger partial charge in [0.2, 0.25) is 0 Å². The van der Waals surface area contributed by atoms with Crippen LogP contribution in [0.3, 0.4) is 0 Å². The predicted octanol–water partition coefficient (Wildman–Crippen LogP) is 4.10. The summed E-state index contributed by atoms with van der Waals surface area (Å²) in [4.78, 5) is 21.7. The van der Waals surface area contributed by atoms with Gasteiger partial charge in [-0.15, -0.1) is 0 Å². The van der Waals surface area contributed by atoms with Crippen LogP contribution in [0.1, 0.15) is 16.1 Å². The molecule has 0 aliphatic carbocycles. The molecule has 1 aliphatic rings. The first-order valence-electron chi connectivity index (χ1n) is 10.5. The third-order valence-electron chi connectivity index (χ3n) is 5.76. The lowest BCUT2D eigenvalue weighted by Gasteiger charge is -2.34. The van der Waals surface area contributed by atoms with Crippen LogP contribution in [0.4, 0.5) is 4.39 Å². The number of carbonyl (C=O) groups is 1. The fourth-order valence-electron chi connectivity index (χ4n) is 4.02. The predicted molar refractivity (Wildman–Crippen MR) is 118 cm³/mol. The van der Waals surface area contributed by atoms with E-state index in [1.54, 1.807) is 0 Å². The summed E-state index contributed by atoms with van der Waals surface area (Å²) in [5.74, 6) is -0.256. The van der Waals surface area contributed by atoms with Gasteiger partial charge in [0.1, 0.15) is 17.2 Å². The SMILES string of the molecule is O=C(c1cn2cc(-c3ccccc3)ccc2n1)N1CCN(Cc2ccc(F)cc2)CC1. The maximum absolute atomic E-state index is 13.1. The molecule has 0 unspecified atom stereocenters. The molecule has 2 aromatic carbocycles. The van der Waals surface area contributed by atoms with E-state index in [0.717, 1.165) is 42.0 Å². The number of benzene rings is 2. The lowest BCUT2D eigenvalue weighted by atomic mass is 10.1. The minimum absolute atomic E-state index is 0.0357. The number of amides is 1. The van der Waals surface area contributed by atoms with Crippen molar-refractivity contribution in [2.45, 2.75) is 6.54 Å². The maximum atomic E-state index is 13.1. The average Bonchev–Trinajstić information content (AvgIpc) is 3.25. The molecule has 5 rings (SSSR count). The fraction of sp³-hybridized carbons (Fsp3) is 0.200. The quantitative estimate of drug-likeness (QED) is 0.505. The first kappa shape index (κ1) is 19.5. The summed E-state index contributed by atoms with van der Waals surface area (Å²) in [6, 6.07) is 20.7. The minimum Gasteiger partial charge on any atom is -0.335 e. The number of pyridine rings is 1. The Kier molecular flexibility index (Phi) is 5.22. The molecule has 1 aliphatic heterocycles. The third-order valence-corrected chi connectivity index (χ3v) is 5.76. The molecule has 0 saturated carbocycles. The molecule has 156 valence electrons. The van der Waals surface area contributed by atoms with Gasteiger partial charge in [0.15, 0.2) is 0 Å². The minimum atomic E-state index is -0.220. The van der Waals surface area contributed by atoms with Crippen LogP contribution in [0.5, 0.6) is 0 Å². The second kappa shape index (κ2) is 8.32. The average molecular weight is 414 g/mol. The molecule has 4 aromatic rings. The van der Waals surface area contributed by atoms with E-state index in [-0.39, 0.29) is 11.7 Å². The number of piperazine rings is 1. The molecule has 1 amide bonds. The number of fused-ring (bicyclic) bond motifs is 1. The van der Waals surface area contributed by atoms with Crippen molar-refractivity contribution in [1.29, 1.82) is 0 Å². The van der Waals surface area contributed by atoms with Crippen LogP contribution in [-0.2, 0) is 6.54 Å². The first-order chi connectivity index (χ1) is 15.2. The van der Waals surface area contributed by atoms with Crippen molar-refractivity contribution >= 4 is 11.6 Å². The van der Waals surface area contributed by atoms with E-state index in [9.17, 15) is 9.18 Å². The molecule has 2 aromatic heterocycles. The maximum Gasteiger partial charge on any atom is 0.274 e. The van der Waals surface area contributed by atoms with Gasteiger partial charge in [-0.2, -0.15) is 0 Å². The van der Waals surface area contributed by atoms with Crippen LogP contribution < -0.4 is 0 Å². The Labute approximate surface area is 180 Å². The van der Waals surface area contributed by atoms with Gasteiger partial charge in [-0.05, 0) is 41.0 Å². The molecule has 3 heterocycles. The Balaban J connectivity index is 1.25. The van der Waals surface area contributed by atoms with Crippen molar-refractivity contribution in [1.82, 2.24) is 19.2 Å². The summed E-state index contributed by atoms with van der Waals surface area (Å²) >= 11 is 0. The summed E-state index contributed by atoms with van der Waals surface area (Å²) in [7, 11) is 0. The second-order valence-electron chi connectivity index (χ2n) is 7.87. The third kappa shape index (κ3) is 4.20. The standard InChI is InChI=1S/C25H23FN4O/c26-22-9-6-19(7-10-22)16-28-12-14-29(15-13-28)25(31)23-18-30-17-21(8-11-24(30)27-23)20-4-2-1-3-5-20/h1-11,17-18H,12-16H2. The summed E-state index contributed by atoms with van der Waals surface area (Å²) in [6.07, 6.45) is 3.82. The van der Waals surface area contributed by atoms with Crippen LogP contribution in [0.25, 0.3) is 16.8 Å². The molecule has 5 nitrogen and oxygen atoms in total. The van der Waals surface area contributed by atoms with Crippen LogP contribution >= 0.6 is 0 Å². The molecular formula is C25H23FN4O. The number of halogens is 1. The van der Waals surface area contributed by atoms with Crippen LogP contribution in [0.2, 0.25) is 0 Å². The van der Waals surface area contributed by atoms with Crippen molar-refractivity contribution < 1.29 is 9.18 Å². The van der Waals surface area contributed by atoms with E-state index >= 15 is 0 Å². The Morgan fingerprint density at radius 1 is 0.839 bits per heavy atom. The summed E-state index contributed by atoms with van der Waals surface area (Å²) < 4.78 is 15.0. The van der Waals surface area contributed by atoms with Gasteiger partial charge in [0.05, 0.1) is 0 Å². The van der Waals surface area contributed by atoms with Crippen LogP contribution in [0.15, 0.2) is 79.1 Å². The number of aromatic nitrogens is 2. The highest BCUT2D eigenvalue weighted by Gasteiger charge is 2.24. The number of hydrogen-bond donors (Lipinski definition) is 0. The normalized spacial score (nSPS) is 14.8. The van der Waals surface area contributed by atoms with Gasteiger partial charge in [0, 0.05) is 45.1 Å². The highest BCUT2D eigenvalue weighted by atomic mass is 19.1. The zero-order valence-corrected chi connectivity index (χ0v) is 17.1. The van der Waals surface area contributed by atoms with Gasteiger partial charge < -0.3 is 9.30 Å². The van der Waals surface area contributed by atoms with Crippen molar-refractivity contribution in [3.63, 3.8) is 0 Å². The van der Waals surface area contributed by atoms with Gasteiger partial charge in [-0.25, -0.2) is 9.37 Å². The van der Waals surface area contributed by atoms with E-state index in [1.807, 2.05) is 64.2 Å². The topological polar surface area (TPSA) is 40.9 Å². The molecule has 0 N–H and O–H groups in total. The number of hydrogen-bond acceptors (Lipinski definition) is 3. The van der Waals surface area contributed by atoms with Crippen molar-refractivity contribution in [2.75, 3.05) is 26.2 Å². The van der Waals surface area contributed by atoms with E-state index < -0.39 is 0 Å². The Bertz CT molecular complexity index is 1200. The number of imidazole rings is 1. The van der Waals surface area contributed by atoms with Crippen LogP contribution in [0, 0.1) is 5.82 Å². The Morgan fingerprint density at radius 3 is 2.32 bits per heavy atom. The number of rotatable bonds is 4. The zero-order valence-electron chi connectivity index (χ0n) is 17.1. The Hall–Kier alpha value is -3.51. The zero-order chi connectivity index (χ0) is 21.2. The van der Waals surface area contributed by atoms with Gasteiger partial charge in [0.25, 0.3) is 5.91 Å². The van der Waals surface area contributed by atoms with Gasteiger partial charge >= 0.3 is 0 Å². The largest absolute Gasteiger partial charge is 0.335 e. The number of carbonyl (C=O) groups excluding carboxylic acids is 1. The molecule has 0 bridgehead atoms. The lowest BCUT2D eigenvalue weighted by Crippen LogP contribution is -2.48. The molecular weight excluding hydrogens is 391 g/mol. The summed E-state index contributed by atoms with van der Waals surface area (Å²) in [5.41, 5.74) is 4.52. The van der Waals surface area contributed by atoms with Crippen molar-refractivity contribution in [3.8, 4) is 11.1 Å². The highest BCUT2D eigenvalue weighted by Crippen LogP contribution is 2.20. The highest BCUT2D eigenvalue weighted by molar-refractivity contribution is 5.93. The fourth-order valence-corrected chi connectivity index (χ4v) is 4.02. The van der Waals surface area contributed by atoms with E-state index in [2.05, 4.69) is 22.0 Å². The molecule has 1 saturated heterocycles. The molecule has 1 fully saturated rings.